The van der Waals surface area contributed by atoms with E-state index >= 15 is 4.39 Å². The maximum absolute atomic E-state index is 15.2. The average Bonchev–Trinajstić information content (AvgIpc) is 3.52. The van der Waals surface area contributed by atoms with E-state index in [0.29, 0.717) is 0 Å². The number of carbonyl (C=O) groups excluding carboxylic acids is 1. The van der Waals surface area contributed by atoms with Crippen LogP contribution in [0.2, 0.25) is 0 Å². The Morgan fingerprint density at radius 1 is 1.42 bits per heavy atom. The van der Waals surface area contributed by atoms with Gasteiger partial charge in [-0.3, -0.25) is 9.79 Å². The zero-order valence-electron chi connectivity index (χ0n) is 17.7. The normalized spacial score (nSPS) is 25.6. The van der Waals surface area contributed by atoms with Crippen LogP contribution in [0.3, 0.4) is 0 Å². The van der Waals surface area contributed by atoms with E-state index in [9.17, 15) is 13.6 Å². The Kier molecular flexibility index (Phi) is 5.74. The predicted molar refractivity (Wildman–Crippen MR) is 119 cm³/mol. The Bertz CT molecular complexity index is 1180. The highest BCUT2D eigenvalue weighted by Crippen LogP contribution is 2.68. The van der Waals surface area contributed by atoms with E-state index in [2.05, 4.69) is 26.2 Å². The SMILES string of the molecule is C#CCOc1cnc(C(=O)Nc2cc(C)c(F)c([C@@]3(C)N=C(N)S[C@@]4(C(F)F)CC43)c2)cn1. The van der Waals surface area contributed by atoms with Gasteiger partial charge in [-0.05, 0) is 38.0 Å². The Balaban J connectivity index is 1.63. The van der Waals surface area contributed by atoms with E-state index < -0.39 is 34.4 Å². The third-order valence-corrected chi connectivity index (χ3v) is 7.17. The number of terminal acetylenes is 1. The summed E-state index contributed by atoms with van der Waals surface area (Å²) in [6, 6.07) is 2.84. The summed E-state index contributed by atoms with van der Waals surface area (Å²) in [6.45, 7) is 3.13. The van der Waals surface area contributed by atoms with Crippen molar-refractivity contribution in [1.29, 1.82) is 0 Å². The number of nitrogens with two attached hydrogens (primary N) is 1. The smallest absolute Gasteiger partial charge is 0.275 e. The molecule has 33 heavy (non-hydrogen) atoms. The monoisotopic (exact) mass is 475 g/mol. The van der Waals surface area contributed by atoms with Crippen LogP contribution < -0.4 is 15.8 Å². The van der Waals surface area contributed by atoms with Gasteiger partial charge in [0.15, 0.2) is 11.8 Å². The predicted octanol–water partition coefficient (Wildman–Crippen LogP) is 3.49. The molecule has 4 rings (SSSR count). The molecule has 3 atom stereocenters. The molecule has 2 heterocycles. The van der Waals surface area contributed by atoms with Crippen molar-refractivity contribution in [2.75, 3.05) is 11.9 Å². The lowest BCUT2D eigenvalue weighted by Crippen LogP contribution is -2.39. The molecule has 0 spiro atoms. The number of ether oxygens (including phenoxy) is 1. The third kappa shape index (κ3) is 3.99. The van der Waals surface area contributed by atoms with Crippen molar-refractivity contribution < 1.29 is 22.7 Å². The van der Waals surface area contributed by atoms with Crippen LogP contribution in [0.15, 0.2) is 29.5 Å². The fourth-order valence-corrected chi connectivity index (χ4v) is 5.47. The summed E-state index contributed by atoms with van der Waals surface area (Å²) < 4.78 is 46.5. The average molecular weight is 475 g/mol. The van der Waals surface area contributed by atoms with E-state index in [1.807, 2.05) is 0 Å². The van der Waals surface area contributed by atoms with E-state index in [1.165, 1.54) is 31.5 Å². The molecule has 11 heteroatoms. The number of hydrogen-bond donors (Lipinski definition) is 2. The van der Waals surface area contributed by atoms with Crippen LogP contribution in [-0.2, 0) is 5.54 Å². The lowest BCUT2D eigenvalue weighted by atomic mass is 9.84. The Labute approximate surface area is 192 Å². The number of aromatic nitrogens is 2. The van der Waals surface area contributed by atoms with Gasteiger partial charge in [-0.1, -0.05) is 17.7 Å². The van der Waals surface area contributed by atoms with Gasteiger partial charge in [0, 0.05) is 17.2 Å². The number of halogens is 3. The van der Waals surface area contributed by atoms with Gasteiger partial charge in [0.2, 0.25) is 5.88 Å². The minimum atomic E-state index is -2.63. The molecule has 1 aliphatic carbocycles. The zero-order valence-corrected chi connectivity index (χ0v) is 18.5. The van der Waals surface area contributed by atoms with Gasteiger partial charge in [-0.2, -0.15) is 0 Å². The number of thioether (sulfide) groups is 1. The maximum atomic E-state index is 15.2. The zero-order chi connectivity index (χ0) is 24.0. The Morgan fingerprint density at radius 3 is 2.82 bits per heavy atom. The van der Waals surface area contributed by atoms with Crippen LogP contribution in [0.1, 0.15) is 35.0 Å². The second kappa shape index (κ2) is 8.26. The minimum Gasteiger partial charge on any atom is -0.463 e. The highest BCUT2D eigenvalue weighted by atomic mass is 32.2. The van der Waals surface area contributed by atoms with Crippen molar-refractivity contribution >= 4 is 28.5 Å². The first-order chi connectivity index (χ1) is 15.6. The first-order valence-corrected chi connectivity index (χ1v) is 10.7. The molecule has 1 amide bonds. The first-order valence-electron chi connectivity index (χ1n) is 9.93. The van der Waals surface area contributed by atoms with Gasteiger partial charge in [0.25, 0.3) is 12.3 Å². The minimum absolute atomic E-state index is 0.00645. The summed E-state index contributed by atoms with van der Waals surface area (Å²) in [5, 5.41) is 2.63. The number of nitrogens with zero attached hydrogens (tertiary/aromatic N) is 3. The quantitative estimate of drug-likeness (QED) is 0.620. The molecule has 2 aromatic rings. The summed E-state index contributed by atoms with van der Waals surface area (Å²) >= 11 is 0.845. The van der Waals surface area contributed by atoms with Crippen molar-refractivity contribution in [3.8, 4) is 18.2 Å². The van der Waals surface area contributed by atoms with E-state index in [-0.39, 0.29) is 46.6 Å². The Morgan fingerprint density at radius 2 is 2.18 bits per heavy atom. The van der Waals surface area contributed by atoms with Crippen molar-refractivity contribution in [2.24, 2.45) is 16.6 Å². The van der Waals surface area contributed by atoms with E-state index in [0.717, 1.165) is 11.8 Å². The van der Waals surface area contributed by atoms with Gasteiger partial charge in [-0.25, -0.2) is 23.1 Å². The molecule has 1 aromatic carbocycles. The van der Waals surface area contributed by atoms with Crippen LogP contribution in [-0.4, -0.2) is 38.8 Å². The number of benzene rings is 1. The summed E-state index contributed by atoms with van der Waals surface area (Å²) in [5.74, 6) is 0.683. The number of hydrogen-bond acceptors (Lipinski definition) is 7. The van der Waals surface area contributed by atoms with Gasteiger partial charge in [0.05, 0.1) is 22.7 Å². The van der Waals surface area contributed by atoms with Crippen molar-refractivity contribution in [1.82, 2.24) is 9.97 Å². The highest BCUT2D eigenvalue weighted by molar-refractivity contribution is 8.15. The molecule has 3 N–H and O–H groups in total. The highest BCUT2D eigenvalue weighted by Gasteiger charge is 2.71. The molecule has 0 saturated heterocycles. The van der Waals surface area contributed by atoms with Gasteiger partial charge in [-0.15, -0.1) is 6.42 Å². The number of nitrogens with one attached hydrogen (secondary N) is 1. The number of aliphatic imine (C=N–C) groups is 1. The number of fused-ring (bicyclic) bond motifs is 1. The second-order valence-corrected chi connectivity index (χ2v) is 9.44. The van der Waals surface area contributed by atoms with E-state index in [1.54, 1.807) is 6.92 Å². The molecular formula is C22H20F3N5O2S. The van der Waals surface area contributed by atoms with Gasteiger partial charge >= 0.3 is 0 Å². The summed E-state index contributed by atoms with van der Waals surface area (Å²) in [7, 11) is 0. The summed E-state index contributed by atoms with van der Waals surface area (Å²) in [4.78, 5) is 24.9. The van der Waals surface area contributed by atoms with Crippen molar-refractivity contribution in [3.05, 3.63) is 47.2 Å². The van der Waals surface area contributed by atoms with Crippen molar-refractivity contribution in [2.45, 2.75) is 37.0 Å². The number of amidine groups is 1. The molecule has 0 radical (unpaired) electrons. The molecule has 1 saturated carbocycles. The number of aryl methyl sites for hydroxylation is 1. The largest absolute Gasteiger partial charge is 0.463 e. The van der Waals surface area contributed by atoms with Crippen LogP contribution in [0, 0.1) is 31.0 Å². The third-order valence-electron chi connectivity index (χ3n) is 5.86. The maximum Gasteiger partial charge on any atom is 0.275 e. The van der Waals surface area contributed by atoms with Gasteiger partial charge < -0.3 is 15.8 Å². The van der Waals surface area contributed by atoms with Gasteiger partial charge in [0.1, 0.15) is 11.5 Å². The molecule has 2 aliphatic rings. The number of carbonyl (C=O) groups is 1. The molecule has 172 valence electrons. The van der Waals surface area contributed by atoms with Crippen LogP contribution in [0.25, 0.3) is 0 Å². The fourth-order valence-electron chi connectivity index (χ4n) is 4.13. The van der Waals surface area contributed by atoms with Crippen LogP contribution in [0.5, 0.6) is 5.88 Å². The number of amides is 1. The summed E-state index contributed by atoms with van der Waals surface area (Å²) in [5.41, 5.74) is 5.15. The lowest BCUT2D eigenvalue weighted by Gasteiger charge is -2.34. The standard InChI is InChI=1S/C22H20F3N5O2S/c1-4-5-32-16-10-27-14(9-28-16)18(31)29-12-6-11(2)17(23)13(7-12)21(3)15-8-22(15,19(24)25)33-20(26)30-21/h1,6-7,9-10,15,19H,5,8H2,2-3H3,(H2,26,30)(H,29,31)/t15?,21-,22+/m1/s1. The van der Waals surface area contributed by atoms with Crippen LogP contribution >= 0.6 is 11.8 Å². The van der Waals surface area contributed by atoms with E-state index in [4.69, 9.17) is 16.9 Å². The lowest BCUT2D eigenvalue weighted by molar-refractivity contribution is 0.102. The molecule has 1 aliphatic heterocycles. The number of alkyl halides is 2. The van der Waals surface area contributed by atoms with Crippen molar-refractivity contribution in [3.63, 3.8) is 0 Å². The molecule has 1 aromatic heterocycles. The summed E-state index contributed by atoms with van der Waals surface area (Å²) in [6.07, 6.45) is 5.11. The number of anilines is 1. The molecule has 1 fully saturated rings. The molecular weight excluding hydrogens is 455 g/mol. The molecule has 0 bridgehead atoms. The Hall–Kier alpha value is -3.26. The fraction of sp³-hybridized carbons (Fsp3) is 0.364. The molecule has 7 nitrogen and oxygen atoms in total. The van der Waals surface area contributed by atoms with Crippen LogP contribution in [0.4, 0.5) is 18.9 Å². The first kappa shape index (κ1) is 22.9. The second-order valence-electron chi connectivity index (χ2n) is 8.05. The topological polar surface area (TPSA) is 102 Å². The molecule has 1 unspecified atom stereocenters. The number of rotatable bonds is 6.